The molecule has 11 heteroatoms. The number of benzene rings is 3. The van der Waals surface area contributed by atoms with Crippen LogP contribution < -0.4 is 15.2 Å². The maximum atomic E-state index is 14.9. The number of carbonyl (C=O) groups is 2. The molecule has 7 rings (SSSR count). The predicted molar refractivity (Wildman–Crippen MR) is 153 cm³/mol. The smallest absolute Gasteiger partial charge is 0.297 e. The fraction of sp³-hybridized carbons (Fsp3) is 0.167. The van der Waals surface area contributed by atoms with Gasteiger partial charge in [-0.1, -0.05) is 66.3 Å². The van der Waals surface area contributed by atoms with Gasteiger partial charge in [0.2, 0.25) is 10.9 Å². The van der Waals surface area contributed by atoms with Crippen LogP contribution in [0.4, 0.5) is 15.2 Å². The highest BCUT2D eigenvalue weighted by atomic mass is 35.5. The van der Waals surface area contributed by atoms with Gasteiger partial charge >= 0.3 is 0 Å². The quantitative estimate of drug-likeness (QED) is 0.257. The van der Waals surface area contributed by atoms with Crippen LogP contribution in [0, 0.1) is 5.82 Å². The third-order valence-corrected chi connectivity index (χ3v) is 8.82. The molecule has 0 saturated carbocycles. The van der Waals surface area contributed by atoms with Gasteiger partial charge in [0.05, 0.1) is 23.2 Å². The van der Waals surface area contributed by atoms with Gasteiger partial charge in [-0.25, -0.2) is 4.39 Å². The van der Waals surface area contributed by atoms with Gasteiger partial charge < -0.3 is 9.32 Å². The van der Waals surface area contributed by atoms with Crippen LogP contribution in [0.25, 0.3) is 11.0 Å². The Labute approximate surface area is 241 Å². The van der Waals surface area contributed by atoms with Crippen LogP contribution in [-0.4, -0.2) is 22.0 Å². The SMILES string of the molecule is CCCc1nnc(N2C(=O)c3oc4ccc(F)cc4c(=O)c3C23C(=O)N(Cc2ccccc2Cl)c2ccccc23)s1. The average Bonchev–Trinajstić information content (AvgIpc) is 3.60. The summed E-state index contributed by atoms with van der Waals surface area (Å²) in [5, 5.41) is 9.76. The molecule has 1 spiro atoms. The summed E-state index contributed by atoms with van der Waals surface area (Å²) in [7, 11) is 0. The normalized spacial score (nSPS) is 17.6. The number of fused-ring (bicyclic) bond motifs is 5. The highest BCUT2D eigenvalue weighted by Gasteiger charge is 2.66. The first-order valence-corrected chi connectivity index (χ1v) is 14.1. The molecule has 2 aliphatic rings. The first-order chi connectivity index (χ1) is 19.9. The number of hydrogen-bond acceptors (Lipinski definition) is 7. The van der Waals surface area contributed by atoms with Crippen LogP contribution in [0.15, 0.2) is 75.9 Å². The van der Waals surface area contributed by atoms with Crippen molar-refractivity contribution in [3.05, 3.63) is 115 Å². The summed E-state index contributed by atoms with van der Waals surface area (Å²) in [4.78, 5) is 46.0. The Kier molecular flexibility index (Phi) is 5.81. The second-order valence-electron chi connectivity index (χ2n) is 9.85. The standard InChI is InChI=1S/C30H20ClFN4O4S/c1-2-7-23-33-34-29(41-23)36-27(38)26-24(25(37)18-14-17(32)12-13-22(18)40-26)30(36)19-9-4-6-11-21(19)35(28(30)39)15-16-8-3-5-10-20(16)31/h3-6,8-14H,2,7,15H2,1H3. The fourth-order valence-electron chi connectivity index (χ4n) is 5.74. The third kappa shape index (κ3) is 3.53. The number of aryl methyl sites for hydroxylation is 1. The molecule has 0 N–H and O–H groups in total. The van der Waals surface area contributed by atoms with Crippen molar-refractivity contribution in [2.45, 2.75) is 31.8 Å². The van der Waals surface area contributed by atoms with E-state index in [0.717, 1.165) is 18.6 Å². The van der Waals surface area contributed by atoms with Gasteiger partial charge in [0.1, 0.15) is 16.4 Å². The van der Waals surface area contributed by atoms with Crippen LogP contribution in [0.3, 0.4) is 0 Å². The number of nitrogens with zero attached hydrogens (tertiary/aromatic N) is 4. The van der Waals surface area contributed by atoms with Crippen molar-refractivity contribution in [1.29, 1.82) is 0 Å². The molecule has 0 radical (unpaired) electrons. The Morgan fingerprint density at radius 1 is 1.02 bits per heavy atom. The van der Waals surface area contributed by atoms with Gasteiger partial charge in [-0.3, -0.25) is 19.3 Å². The molecule has 0 bridgehead atoms. The fourth-order valence-corrected chi connectivity index (χ4v) is 6.93. The molecule has 8 nitrogen and oxygen atoms in total. The largest absolute Gasteiger partial charge is 0.450 e. The number of hydrogen-bond donors (Lipinski definition) is 0. The Hall–Kier alpha value is -4.41. The van der Waals surface area contributed by atoms with E-state index in [0.29, 0.717) is 33.3 Å². The molecule has 2 aromatic heterocycles. The van der Waals surface area contributed by atoms with E-state index < -0.39 is 28.6 Å². The molecular weight excluding hydrogens is 567 g/mol. The van der Waals surface area contributed by atoms with Crippen molar-refractivity contribution < 1.29 is 18.4 Å². The second kappa shape index (κ2) is 9.32. The highest BCUT2D eigenvalue weighted by Crippen LogP contribution is 2.54. The van der Waals surface area contributed by atoms with Gasteiger partial charge in [-0.05, 0) is 42.3 Å². The zero-order valence-electron chi connectivity index (χ0n) is 21.6. The summed E-state index contributed by atoms with van der Waals surface area (Å²) >= 11 is 7.65. The zero-order chi connectivity index (χ0) is 28.5. The van der Waals surface area contributed by atoms with Crippen molar-refractivity contribution in [2.24, 2.45) is 0 Å². The number of halogens is 2. The van der Waals surface area contributed by atoms with Gasteiger partial charge in [0.15, 0.2) is 11.0 Å². The summed E-state index contributed by atoms with van der Waals surface area (Å²) in [5.41, 5.74) is -1.17. The lowest BCUT2D eigenvalue weighted by Crippen LogP contribution is -2.53. The highest BCUT2D eigenvalue weighted by molar-refractivity contribution is 7.15. The van der Waals surface area contributed by atoms with Gasteiger partial charge in [0.25, 0.3) is 11.8 Å². The molecule has 0 fully saturated rings. The molecule has 4 heterocycles. The van der Waals surface area contributed by atoms with Crippen molar-refractivity contribution in [3.63, 3.8) is 0 Å². The van der Waals surface area contributed by atoms with Crippen LogP contribution in [0.5, 0.6) is 0 Å². The molecule has 3 aromatic carbocycles. The zero-order valence-corrected chi connectivity index (χ0v) is 23.1. The average molecular weight is 587 g/mol. The monoisotopic (exact) mass is 586 g/mol. The second-order valence-corrected chi connectivity index (χ2v) is 11.3. The van der Waals surface area contributed by atoms with Gasteiger partial charge in [0, 0.05) is 17.0 Å². The van der Waals surface area contributed by atoms with E-state index in [9.17, 15) is 18.8 Å². The van der Waals surface area contributed by atoms with Crippen molar-refractivity contribution in [1.82, 2.24) is 10.2 Å². The minimum absolute atomic E-state index is 0.0380. The lowest BCUT2D eigenvalue weighted by molar-refractivity contribution is -0.121. The molecule has 0 saturated heterocycles. The number of aromatic nitrogens is 2. The molecular formula is C30H20ClFN4O4S. The Bertz CT molecular complexity index is 1970. The van der Waals surface area contributed by atoms with Crippen molar-refractivity contribution >= 4 is 56.5 Å². The summed E-state index contributed by atoms with van der Waals surface area (Å²) in [6, 6.07) is 17.6. The molecule has 1 atom stereocenters. The van der Waals surface area contributed by atoms with Crippen LogP contribution in [0.1, 0.15) is 45.6 Å². The first kappa shape index (κ1) is 25.6. The van der Waals surface area contributed by atoms with E-state index in [1.54, 1.807) is 42.5 Å². The van der Waals surface area contributed by atoms with E-state index in [1.807, 2.05) is 13.0 Å². The number of rotatable bonds is 5. The van der Waals surface area contributed by atoms with E-state index in [2.05, 4.69) is 10.2 Å². The number of anilines is 2. The summed E-state index contributed by atoms with van der Waals surface area (Å²) in [6.45, 7) is 2.08. The topological polar surface area (TPSA) is 96.6 Å². The maximum absolute atomic E-state index is 14.9. The van der Waals surface area contributed by atoms with Gasteiger partial charge in [-0.2, -0.15) is 0 Å². The van der Waals surface area contributed by atoms with Crippen molar-refractivity contribution in [2.75, 3.05) is 9.80 Å². The van der Waals surface area contributed by atoms with E-state index in [-0.39, 0.29) is 34.0 Å². The molecule has 41 heavy (non-hydrogen) atoms. The molecule has 2 amide bonds. The summed E-state index contributed by atoms with van der Waals surface area (Å²) in [6.07, 6.45) is 1.43. The molecule has 5 aromatic rings. The number of para-hydroxylation sites is 1. The van der Waals surface area contributed by atoms with Crippen LogP contribution >= 0.6 is 22.9 Å². The molecule has 2 aliphatic heterocycles. The third-order valence-electron chi connectivity index (χ3n) is 7.48. The Morgan fingerprint density at radius 2 is 1.80 bits per heavy atom. The Morgan fingerprint density at radius 3 is 2.61 bits per heavy atom. The maximum Gasteiger partial charge on any atom is 0.297 e. The predicted octanol–water partition coefficient (Wildman–Crippen LogP) is 5.84. The lowest BCUT2D eigenvalue weighted by Gasteiger charge is -2.32. The molecule has 1 unspecified atom stereocenters. The van der Waals surface area contributed by atoms with Crippen molar-refractivity contribution in [3.8, 4) is 0 Å². The van der Waals surface area contributed by atoms with Gasteiger partial charge in [-0.15, -0.1) is 10.2 Å². The summed E-state index contributed by atoms with van der Waals surface area (Å²) < 4.78 is 20.3. The van der Waals surface area contributed by atoms with Crippen LogP contribution in [0.2, 0.25) is 5.02 Å². The van der Waals surface area contributed by atoms with E-state index in [1.165, 1.54) is 27.2 Å². The first-order valence-electron chi connectivity index (χ1n) is 12.9. The molecule has 0 aliphatic carbocycles. The number of carbonyl (C=O) groups excluding carboxylic acids is 2. The van der Waals surface area contributed by atoms with E-state index in [4.69, 9.17) is 16.0 Å². The Balaban J connectivity index is 1.55. The lowest BCUT2D eigenvalue weighted by atomic mass is 9.84. The minimum Gasteiger partial charge on any atom is -0.450 e. The minimum atomic E-state index is -1.95. The van der Waals surface area contributed by atoms with Crippen LogP contribution in [-0.2, 0) is 23.3 Å². The summed E-state index contributed by atoms with van der Waals surface area (Å²) in [5.74, 6) is -2.19. The molecule has 204 valence electrons. The van der Waals surface area contributed by atoms with E-state index >= 15 is 0 Å². The number of amides is 2.